The molecule has 0 spiro atoms. The molecule has 0 amide bonds. The molecule has 106 valence electrons. The highest BCUT2D eigenvalue weighted by Gasteiger charge is 2.14. The van der Waals surface area contributed by atoms with Gasteiger partial charge in [-0.15, -0.1) is 0 Å². The van der Waals surface area contributed by atoms with E-state index in [-0.39, 0.29) is 6.04 Å². The Morgan fingerprint density at radius 1 is 1.05 bits per heavy atom. The maximum atomic E-state index is 4.28. The molecule has 0 radical (unpaired) electrons. The van der Waals surface area contributed by atoms with Gasteiger partial charge in [0, 0.05) is 18.4 Å². The molecule has 2 aromatic carbocycles. The van der Waals surface area contributed by atoms with Gasteiger partial charge in [0.1, 0.15) is 0 Å². The third-order valence-corrected chi connectivity index (χ3v) is 4.11. The summed E-state index contributed by atoms with van der Waals surface area (Å²) in [7, 11) is 2.02. The van der Waals surface area contributed by atoms with Crippen LogP contribution in [0.25, 0.3) is 10.8 Å². The van der Waals surface area contributed by atoms with Gasteiger partial charge in [0.15, 0.2) is 0 Å². The lowest BCUT2D eigenvalue weighted by molar-refractivity contribution is 0.588. The van der Waals surface area contributed by atoms with E-state index in [9.17, 15) is 0 Å². The second-order valence-corrected chi connectivity index (χ2v) is 5.42. The van der Waals surface area contributed by atoms with E-state index in [1.807, 2.05) is 19.4 Å². The maximum Gasteiger partial charge on any atom is 0.0376 e. The Morgan fingerprint density at radius 3 is 2.67 bits per heavy atom. The zero-order valence-electron chi connectivity index (χ0n) is 12.5. The molecule has 0 aliphatic rings. The minimum Gasteiger partial charge on any atom is -0.313 e. The number of aryl methyl sites for hydroxylation is 1. The van der Waals surface area contributed by atoms with Gasteiger partial charge < -0.3 is 5.32 Å². The van der Waals surface area contributed by atoms with Crippen LogP contribution in [-0.2, 0) is 6.42 Å². The van der Waals surface area contributed by atoms with Gasteiger partial charge in [-0.1, -0.05) is 42.5 Å². The van der Waals surface area contributed by atoms with Gasteiger partial charge >= 0.3 is 0 Å². The van der Waals surface area contributed by atoms with E-state index >= 15 is 0 Å². The lowest BCUT2D eigenvalue weighted by atomic mass is 9.94. The lowest BCUT2D eigenvalue weighted by Gasteiger charge is -2.19. The number of benzene rings is 2. The highest BCUT2D eigenvalue weighted by molar-refractivity contribution is 5.85. The molecule has 3 aromatic rings. The molecule has 1 atom stereocenters. The van der Waals surface area contributed by atoms with Crippen LogP contribution in [0.4, 0.5) is 0 Å². The van der Waals surface area contributed by atoms with Crippen LogP contribution in [0.3, 0.4) is 0 Å². The number of hydrogen-bond acceptors (Lipinski definition) is 2. The van der Waals surface area contributed by atoms with Crippen molar-refractivity contribution in [1.29, 1.82) is 0 Å². The second-order valence-electron chi connectivity index (χ2n) is 5.42. The van der Waals surface area contributed by atoms with Gasteiger partial charge in [-0.05, 0) is 53.9 Å². The molecule has 1 unspecified atom stereocenters. The fraction of sp³-hybridized carbons (Fsp3) is 0.211. The van der Waals surface area contributed by atoms with Crippen molar-refractivity contribution in [3.63, 3.8) is 0 Å². The van der Waals surface area contributed by atoms with E-state index in [0.717, 1.165) is 6.42 Å². The van der Waals surface area contributed by atoms with Crippen molar-refractivity contribution in [2.75, 3.05) is 7.05 Å². The van der Waals surface area contributed by atoms with Crippen molar-refractivity contribution >= 4 is 10.8 Å². The summed E-state index contributed by atoms with van der Waals surface area (Å²) in [5.74, 6) is 0. The topological polar surface area (TPSA) is 24.9 Å². The van der Waals surface area contributed by atoms with E-state index in [0.29, 0.717) is 0 Å². The van der Waals surface area contributed by atoms with Gasteiger partial charge in [0.05, 0.1) is 0 Å². The minimum atomic E-state index is 0.282. The zero-order valence-corrected chi connectivity index (χ0v) is 12.5. The van der Waals surface area contributed by atoms with Gasteiger partial charge in [0.2, 0.25) is 0 Å². The van der Waals surface area contributed by atoms with Crippen molar-refractivity contribution < 1.29 is 0 Å². The number of rotatable bonds is 4. The van der Waals surface area contributed by atoms with E-state index < -0.39 is 0 Å². The molecular formula is C19H20N2. The number of pyridine rings is 1. The van der Waals surface area contributed by atoms with E-state index in [1.165, 1.54) is 27.5 Å². The van der Waals surface area contributed by atoms with Gasteiger partial charge in [-0.2, -0.15) is 0 Å². The first-order valence-corrected chi connectivity index (χ1v) is 7.34. The molecule has 2 nitrogen and oxygen atoms in total. The average molecular weight is 276 g/mol. The molecule has 1 aromatic heterocycles. The summed E-state index contributed by atoms with van der Waals surface area (Å²) >= 11 is 0. The predicted octanol–water partition coefficient (Wildman–Crippen LogP) is 4.05. The molecule has 0 saturated heterocycles. The first-order chi connectivity index (χ1) is 10.3. The van der Waals surface area contributed by atoms with Crippen LogP contribution in [0.15, 0.2) is 60.9 Å². The smallest absolute Gasteiger partial charge is 0.0376 e. The number of nitrogens with zero attached hydrogens (tertiary/aromatic N) is 1. The molecule has 0 aliphatic heterocycles. The molecule has 3 rings (SSSR count). The number of fused-ring (bicyclic) bond motifs is 1. The Hall–Kier alpha value is -2.19. The van der Waals surface area contributed by atoms with E-state index in [2.05, 4.69) is 65.8 Å². The summed E-state index contributed by atoms with van der Waals surface area (Å²) in [4.78, 5) is 4.28. The van der Waals surface area contributed by atoms with Crippen molar-refractivity contribution in [1.82, 2.24) is 10.3 Å². The van der Waals surface area contributed by atoms with Crippen LogP contribution in [0.5, 0.6) is 0 Å². The fourth-order valence-electron chi connectivity index (χ4n) is 2.90. The van der Waals surface area contributed by atoms with Crippen LogP contribution in [0.1, 0.15) is 22.7 Å². The van der Waals surface area contributed by atoms with Crippen molar-refractivity contribution in [2.24, 2.45) is 0 Å². The quantitative estimate of drug-likeness (QED) is 0.777. The number of aromatic nitrogens is 1. The Labute approximate surface area is 125 Å². The summed E-state index contributed by atoms with van der Waals surface area (Å²) in [5, 5.41) is 6.07. The fourth-order valence-corrected chi connectivity index (χ4v) is 2.90. The third kappa shape index (κ3) is 2.81. The Kier molecular flexibility index (Phi) is 3.98. The minimum absolute atomic E-state index is 0.282. The Balaban J connectivity index is 1.98. The normalized spacial score (nSPS) is 12.5. The van der Waals surface area contributed by atoms with Crippen molar-refractivity contribution in [3.05, 3.63) is 77.6 Å². The van der Waals surface area contributed by atoms with Gasteiger partial charge in [-0.25, -0.2) is 0 Å². The largest absolute Gasteiger partial charge is 0.313 e. The van der Waals surface area contributed by atoms with Crippen LogP contribution in [-0.4, -0.2) is 12.0 Å². The molecule has 0 aliphatic carbocycles. The molecule has 21 heavy (non-hydrogen) atoms. The Bertz CT molecular complexity index is 744. The molecule has 1 N–H and O–H groups in total. The highest BCUT2D eigenvalue weighted by Crippen LogP contribution is 2.25. The summed E-state index contributed by atoms with van der Waals surface area (Å²) in [6.45, 7) is 2.14. The van der Waals surface area contributed by atoms with Gasteiger partial charge in [0.25, 0.3) is 0 Å². The monoisotopic (exact) mass is 276 g/mol. The second kappa shape index (κ2) is 6.06. The average Bonchev–Trinajstić information content (AvgIpc) is 2.53. The Morgan fingerprint density at radius 2 is 1.86 bits per heavy atom. The van der Waals surface area contributed by atoms with Crippen LogP contribution in [0, 0.1) is 6.92 Å². The van der Waals surface area contributed by atoms with Crippen molar-refractivity contribution in [2.45, 2.75) is 19.4 Å². The van der Waals surface area contributed by atoms with Crippen LogP contribution < -0.4 is 5.32 Å². The van der Waals surface area contributed by atoms with Crippen molar-refractivity contribution in [3.8, 4) is 0 Å². The molecule has 0 saturated carbocycles. The summed E-state index contributed by atoms with van der Waals surface area (Å²) in [6, 6.07) is 17.5. The van der Waals surface area contributed by atoms with Crippen LogP contribution in [0.2, 0.25) is 0 Å². The maximum absolute atomic E-state index is 4.28. The third-order valence-electron chi connectivity index (χ3n) is 4.11. The van der Waals surface area contributed by atoms with Crippen LogP contribution >= 0.6 is 0 Å². The lowest BCUT2D eigenvalue weighted by Crippen LogP contribution is -2.20. The zero-order chi connectivity index (χ0) is 14.7. The number of likely N-dealkylation sites (N-methyl/N-ethyl adjacent to an activating group) is 1. The van der Waals surface area contributed by atoms with Gasteiger partial charge in [-0.3, -0.25) is 4.98 Å². The van der Waals surface area contributed by atoms with E-state index in [4.69, 9.17) is 0 Å². The van der Waals surface area contributed by atoms with E-state index in [1.54, 1.807) is 0 Å². The summed E-state index contributed by atoms with van der Waals surface area (Å²) in [6.07, 6.45) is 4.79. The molecule has 0 bridgehead atoms. The SMILES string of the molecule is CNC(Cc1cccc2ccccc12)c1cnccc1C. The predicted molar refractivity (Wildman–Crippen MR) is 88.4 cm³/mol. The molecule has 0 fully saturated rings. The first-order valence-electron chi connectivity index (χ1n) is 7.34. The summed E-state index contributed by atoms with van der Waals surface area (Å²) in [5.41, 5.74) is 3.92. The summed E-state index contributed by atoms with van der Waals surface area (Å²) < 4.78 is 0. The first kappa shape index (κ1) is 13.8. The highest BCUT2D eigenvalue weighted by atomic mass is 14.9. The molecular weight excluding hydrogens is 256 g/mol. The standard InChI is InChI=1S/C19H20N2/c1-14-10-11-21-13-18(14)19(20-2)12-16-8-5-7-15-6-3-4-9-17(15)16/h3-11,13,19-20H,12H2,1-2H3. The number of hydrogen-bond donors (Lipinski definition) is 1. The molecule has 2 heteroatoms. The molecule has 1 heterocycles. The number of nitrogens with one attached hydrogen (secondary N) is 1.